The summed E-state index contributed by atoms with van der Waals surface area (Å²) >= 11 is 0. The number of amides is 2. The van der Waals surface area contributed by atoms with Crippen LogP contribution in [-0.2, 0) is 16.0 Å². The second-order valence-electron chi connectivity index (χ2n) is 5.56. The number of nitrogens with two attached hydrogens (primary N) is 1. The summed E-state index contributed by atoms with van der Waals surface area (Å²) in [7, 11) is 0. The van der Waals surface area contributed by atoms with Crippen LogP contribution >= 0.6 is 12.4 Å². The number of nitrogens with zero attached hydrogens (tertiary/aromatic N) is 1. The van der Waals surface area contributed by atoms with Crippen molar-refractivity contribution in [2.24, 2.45) is 11.7 Å². The van der Waals surface area contributed by atoms with Crippen molar-refractivity contribution in [1.29, 1.82) is 0 Å². The van der Waals surface area contributed by atoms with Crippen molar-refractivity contribution in [3.8, 4) is 0 Å². The standard InChI is InChI=1S/C15H20FN3O2.ClH/c1-9(2)14(17)15(21)18-8-13(20)19-6-5-10-3-4-11(16)7-12(10)19;/h3-4,7,9,14H,5-6,8,17H2,1-2H3,(H,18,21);1H/t14-;/m0./s1. The molecule has 2 amide bonds. The van der Waals surface area contributed by atoms with E-state index in [0.29, 0.717) is 18.7 Å². The van der Waals surface area contributed by atoms with Crippen molar-refractivity contribution in [1.82, 2.24) is 5.32 Å². The molecule has 0 aliphatic carbocycles. The smallest absolute Gasteiger partial charge is 0.246 e. The monoisotopic (exact) mass is 329 g/mol. The van der Waals surface area contributed by atoms with Gasteiger partial charge in [-0.2, -0.15) is 0 Å². The molecule has 5 nitrogen and oxygen atoms in total. The Bertz CT molecular complexity index is 566. The molecule has 0 spiro atoms. The third-order valence-electron chi connectivity index (χ3n) is 3.68. The molecule has 1 heterocycles. The summed E-state index contributed by atoms with van der Waals surface area (Å²) < 4.78 is 13.3. The van der Waals surface area contributed by atoms with E-state index in [-0.39, 0.29) is 42.5 Å². The maximum atomic E-state index is 13.3. The zero-order valence-electron chi connectivity index (χ0n) is 12.6. The lowest BCUT2D eigenvalue weighted by molar-refractivity contribution is -0.126. The SMILES string of the molecule is CC(C)[C@H](N)C(=O)NCC(=O)N1CCc2ccc(F)cc21.Cl. The summed E-state index contributed by atoms with van der Waals surface area (Å²) in [6, 6.07) is 3.78. The van der Waals surface area contributed by atoms with Crippen molar-refractivity contribution < 1.29 is 14.0 Å². The van der Waals surface area contributed by atoms with E-state index in [9.17, 15) is 14.0 Å². The lowest BCUT2D eigenvalue weighted by Gasteiger charge is -2.19. The van der Waals surface area contributed by atoms with E-state index in [1.807, 2.05) is 13.8 Å². The number of hydrogen-bond donors (Lipinski definition) is 2. The van der Waals surface area contributed by atoms with Gasteiger partial charge in [0.15, 0.2) is 0 Å². The highest BCUT2D eigenvalue weighted by Gasteiger charge is 2.26. The number of rotatable bonds is 4. The lowest BCUT2D eigenvalue weighted by atomic mass is 10.1. The molecule has 1 atom stereocenters. The van der Waals surface area contributed by atoms with Crippen LogP contribution in [0, 0.1) is 11.7 Å². The first-order chi connectivity index (χ1) is 9.90. The van der Waals surface area contributed by atoms with E-state index in [1.165, 1.54) is 17.0 Å². The van der Waals surface area contributed by atoms with Crippen molar-refractivity contribution in [2.75, 3.05) is 18.0 Å². The summed E-state index contributed by atoms with van der Waals surface area (Å²) in [6.45, 7) is 4.05. The van der Waals surface area contributed by atoms with E-state index >= 15 is 0 Å². The Morgan fingerprint density at radius 3 is 2.73 bits per heavy atom. The van der Waals surface area contributed by atoms with Crippen LogP contribution in [0.15, 0.2) is 18.2 Å². The Morgan fingerprint density at radius 2 is 2.09 bits per heavy atom. The van der Waals surface area contributed by atoms with E-state index in [2.05, 4.69) is 5.32 Å². The molecular weight excluding hydrogens is 309 g/mol. The molecule has 0 bridgehead atoms. The van der Waals surface area contributed by atoms with E-state index in [4.69, 9.17) is 5.73 Å². The largest absolute Gasteiger partial charge is 0.346 e. The Labute approximate surface area is 135 Å². The van der Waals surface area contributed by atoms with Gasteiger partial charge >= 0.3 is 0 Å². The molecule has 0 saturated heterocycles. The number of fused-ring (bicyclic) bond motifs is 1. The second kappa shape index (κ2) is 7.56. The van der Waals surface area contributed by atoms with Crippen LogP contribution in [0.1, 0.15) is 19.4 Å². The van der Waals surface area contributed by atoms with Gasteiger partial charge in [-0.1, -0.05) is 19.9 Å². The van der Waals surface area contributed by atoms with Crippen LogP contribution in [-0.4, -0.2) is 30.9 Å². The lowest BCUT2D eigenvalue weighted by Crippen LogP contribution is -2.47. The van der Waals surface area contributed by atoms with Gasteiger partial charge in [-0.05, 0) is 30.0 Å². The molecule has 7 heteroatoms. The summed E-state index contributed by atoms with van der Waals surface area (Å²) in [5.41, 5.74) is 7.23. The molecule has 1 aromatic rings. The van der Waals surface area contributed by atoms with Gasteiger partial charge in [0.25, 0.3) is 0 Å². The van der Waals surface area contributed by atoms with Gasteiger partial charge < -0.3 is 16.0 Å². The molecule has 1 aliphatic heterocycles. The fourth-order valence-electron chi connectivity index (χ4n) is 2.29. The summed E-state index contributed by atoms with van der Waals surface area (Å²) in [4.78, 5) is 25.4. The number of benzene rings is 1. The Kier molecular flexibility index (Phi) is 6.32. The van der Waals surface area contributed by atoms with Crippen LogP contribution in [0.5, 0.6) is 0 Å². The highest BCUT2D eigenvalue weighted by Crippen LogP contribution is 2.28. The predicted octanol–water partition coefficient (Wildman–Crippen LogP) is 1.24. The van der Waals surface area contributed by atoms with E-state index in [1.54, 1.807) is 6.07 Å². The maximum Gasteiger partial charge on any atom is 0.246 e. The number of hydrogen-bond acceptors (Lipinski definition) is 3. The molecule has 3 N–H and O–H groups in total. The molecule has 0 unspecified atom stereocenters. The molecule has 0 fully saturated rings. The predicted molar refractivity (Wildman–Crippen MR) is 85.5 cm³/mol. The van der Waals surface area contributed by atoms with Gasteiger partial charge in [0.05, 0.1) is 12.6 Å². The average Bonchev–Trinajstić information content (AvgIpc) is 2.86. The van der Waals surface area contributed by atoms with Crippen molar-refractivity contribution in [2.45, 2.75) is 26.3 Å². The quantitative estimate of drug-likeness (QED) is 0.872. The second-order valence-corrected chi connectivity index (χ2v) is 5.56. The molecule has 0 saturated carbocycles. The molecular formula is C15H21ClFN3O2. The molecule has 2 rings (SSSR count). The zero-order valence-corrected chi connectivity index (χ0v) is 13.5. The minimum Gasteiger partial charge on any atom is -0.346 e. The highest BCUT2D eigenvalue weighted by atomic mass is 35.5. The van der Waals surface area contributed by atoms with Crippen molar-refractivity contribution in [3.05, 3.63) is 29.6 Å². The summed E-state index contributed by atoms with van der Waals surface area (Å²) in [5, 5.41) is 2.54. The van der Waals surface area contributed by atoms with Crippen molar-refractivity contribution >= 4 is 29.9 Å². The van der Waals surface area contributed by atoms with Crippen LogP contribution in [0.4, 0.5) is 10.1 Å². The number of nitrogens with one attached hydrogen (secondary N) is 1. The van der Waals surface area contributed by atoms with E-state index < -0.39 is 6.04 Å². The normalized spacial score (nSPS) is 14.3. The van der Waals surface area contributed by atoms with Crippen molar-refractivity contribution in [3.63, 3.8) is 0 Å². The topological polar surface area (TPSA) is 75.4 Å². The third-order valence-corrected chi connectivity index (χ3v) is 3.68. The zero-order chi connectivity index (χ0) is 15.6. The number of halogens is 2. The number of carbonyl (C=O) groups excluding carboxylic acids is 2. The first-order valence-electron chi connectivity index (χ1n) is 7.02. The molecule has 22 heavy (non-hydrogen) atoms. The summed E-state index contributed by atoms with van der Waals surface area (Å²) in [6.07, 6.45) is 0.695. The molecule has 0 radical (unpaired) electrons. The Morgan fingerprint density at radius 1 is 1.41 bits per heavy atom. The minimum atomic E-state index is -0.638. The molecule has 0 aromatic heterocycles. The van der Waals surface area contributed by atoms with Gasteiger partial charge in [-0.15, -0.1) is 12.4 Å². The Hall–Kier alpha value is -1.66. The third kappa shape index (κ3) is 3.96. The molecule has 1 aliphatic rings. The molecule has 1 aromatic carbocycles. The van der Waals surface area contributed by atoms with Crippen LogP contribution in [0.25, 0.3) is 0 Å². The first-order valence-corrected chi connectivity index (χ1v) is 7.02. The van der Waals surface area contributed by atoms with Gasteiger partial charge in [0, 0.05) is 12.2 Å². The highest BCUT2D eigenvalue weighted by molar-refractivity contribution is 5.98. The molecule has 122 valence electrons. The fourth-order valence-corrected chi connectivity index (χ4v) is 2.29. The maximum absolute atomic E-state index is 13.3. The number of carbonyl (C=O) groups is 2. The Balaban J connectivity index is 0.00000242. The van der Waals surface area contributed by atoms with Crippen LogP contribution in [0.3, 0.4) is 0 Å². The van der Waals surface area contributed by atoms with Gasteiger partial charge in [-0.25, -0.2) is 4.39 Å². The minimum absolute atomic E-state index is 0. The van der Waals surface area contributed by atoms with Gasteiger partial charge in [0.2, 0.25) is 11.8 Å². The van der Waals surface area contributed by atoms with Gasteiger partial charge in [0.1, 0.15) is 5.82 Å². The first kappa shape index (κ1) is 18.4. The summed E-state index contributed by atoms with van der Waals surface area (Å²) in [5.74, 6) is -0.985. The average molecular weight is 330 g/mol. The van der Waals surface area contributed by atoms with Gasteiger partial charge in [-0.3, -0.25) is 9.59 Å². The van der Waals surface area contributed by atoms with Crippen LogP contribution < -0.4 is 16.0 Å². The van der Waals surface area contributed by atoms with Crippen LogP contribution in [0.2, 0.25) is 0 Å². The number of anilines is 1. The fraction of sp³-hybridized carbons (Fsp3) is 0.467. The van der Waals surface area contributed by atoms with E-state index in [0.717, 1.165) is 5.56 Å².